The number of fused-ring (bicyclic) bond motifs is 1. The zero-order chi connectivity index (χ0) is 20.9. The fraction of sp³-hybridized carbons (Fsp3) is 0.222. The third-order valence-corrected chi connectivity index (χ3v) is 4.50. The highest BCUT2D eigenvalue weighted by molar-refractivity contribution is 7.88. The standard InChI is InChI=1S/C18H21N7O3S/c1-12-9-16(20-7-8-21-29(2,27)28)24-17(22-12)25-18(26)23-15-4-3-13-5-6-19-11-14(13)10-15/h3-6,9-11,21H,7-8H2,1-2H3,(H3,20,22,23,24,25,26). The first kappa shape index (κ1) is 20.4. The summed E-state index contributed by atoms with van der Waals surface area (Å²) in [6.07, 6.45) is 4.52. The number of hydrogen-bond acceptors (Lipinski definition) is 7. The number of rotatable bonds is 7. The fourth-order valence-electron chi connectivity index (χ4n) is 2.57. The van der Waals surface area contributed by atoms with E-state index in [2.05, 4.69) is 35.6 Å². The summed E-state index contributed by atoms with van der Waals surface area (Å²) in [5, 5.41) is 10.2. The minimum absolute atomic E-state index is 0.128. The van der Waals surface area contributed by atoms with Gasteiger partial charge in [0.25, 0.3) is 0 Å². The molecule has 0 atom stereocenters. The van der Waals surface area contributed by atoms with Gasteiger partial charge in [0, 0.05) is 48.3 Å². The molecule has 0 aliphatic rings. The maximum atomic E-state index is 12.3. The number of urea groups is 1. The molecule has 4 N–H and O–H groups in total. The van der Waals surface area contributed by atoms with Crippen molar-refractivity contribution in [2.45, 2.75) is 6.92 Å². The van der Waals surface area contributed by atoms with E-state index in [1.54, 1.807) is 31.5 Å². The minimum atomic E-state index is -3.25. The van der Waals surface area contributed by atoms with Crippen LogP contribution in [0.3, 0.4) is 0 Å². The molecule has 29 heavy (non-hydrogen) atoms. The highest BCUT2D eigenvalue weighted by Crippen LogP contribution is 2.18. The summed E-state index contributed by atoms with van der Waals surface area (Å²) < 4.78 is 24.5. The van der Waals surface area contributed by atoms with Gasteiger partial charge in [-0.15, -0.1) is 0 Å². The number of aryl methyl sites for hydroxylation is 1. The second kappa shape index (κ2) is 8.80. The summed E-state index contributed by atoms with van der Waals surface area (Å²) in [5.74, 6) is 0.600. The van der Waals surface area contributed by atoms with Crippen LogP contribution in [-0.4, -0.2) is 48.7 Å². The van der Waals surface area contributed by atoms with Gasteiger partial charge in [-0.25, -0.2) is 22.9 Å². The van der Waals surface area contributed by atoms with E-state index < -0.39 is 16.1 Å². The normalized spacial score (nSPS) is 11.2. The van der Waals surface area contributed by atoms with Crippen molar-refractivity contribution in [3.8, 4) is 0 Å². The molecule has 3 aromatic rings. The first-order chi connectivity index (χ1) is 13.8. The van der Waals surface area contributed by atoms with Crippen LogP contribution in [-0.2, 0) is 10.0 Å². The van der Waals surface area contributed by atoms with E-state index in [0.29, 0.717) is 23.7 Å². The zero-order valence-electron chi connectivity index (χ0n) is 15.9. The molecule has 2 aromatic heterocycles. The Morgan fingerprint density at radius 3 is 2.66 bits per heavy atom. The molecule has 11 heteroatoms. The molecular formula is C18H21N7O3S. The van der Waals surface area contributed by atoms with Crippen molar-refractivity contribution >= 4 is 44.3 Å². The Labute approximate surface area is 168 Å². The molecule has 0 unspecified atom stereocenters. The van der Waals surface area contributed by atoms with Crippen LogP contribution in [0.25, 0.3) is 10.8 Å². The van der Waals surface area contributed by atoms with Gasteiger partial charge in [-0.05, 0) is 30.5 Å². The molecule has 3 rings (SSSR count). The Balaban J connectivity index is 1.61. The van der Waals surface area contributed by atoms with E-state index in [4.69, 9.17) is 0 Å². The lowest BCUT2D eigenvalue weighted by molar-refractivity contribution is 0.262. The van der Waals surface area contributed by atoms with Crippen molar-refractivity contribution in [2.75, 3.05) is 35.3 Å². The lowest BCUT2D eigenvalue weighted by atomic mass is 10.1. The van der Waals surface area contributed by atoms with Gasteiger partial charge in [0.15, 0.2) is 0 Å². The molecule has 0 saturated carbocycles. The van der Waals surface area contributed by atoms with Gasteiger partial charge in [0.2, 0.25) is 16.0 Å². The predicted molar refractivity (Wildman–Crippen MR) is 112 cm³/mol. The maximum absolute atomic E-state index is 12.3. The van der Waals surface area contributed by atoms with Crippen molar-refractivity contribution in [3.63, 3.8) is 0 Å². The number of carbonyl (C=O) groups excluding carboxylic acids is 1. The van der Waals surface area contributed by atoms with E-state index in [0.717, 1.165) is 17.0 Å². The Hall–Kier alpha value is -3.31. The van der Waals surface area contributed by atoms with E-state index in [1.807, 2.05) is 18.2 Å². The van der Waals surface area contributed by atoms with E-state index in [1.165, 1.54) is 0 Å². The number of aromatic nitrogens is 3. The molecule has 2 amide bonds. The van der Waals surface area contributed by atoms with Crippen molar-refractivity contribution < 1.29 is 13.2 Å². The molecule has 0 bridgehead atoms. The maximum Gasteiger partial charge on any atom is 0.326 e. The number of pyridine rings is 1. The largest absolute Gasteiger partial charge is 0.369 e. The van der Waals surface area contributed by atoms with Gasteiger partial charge in [-0.2, -0.15) is 4.98 Å². The molecule has 0 spiro atoms. The third kappa shape index (κ3) is 6.36. The highest BCUT2D eigenvalue weighted by atomic mass is 32.2. The minimum Gasteiger partial charge on any atom is -0.369 e. The Bertz CT molecular complexity index is 1140. The van der Waals surface area contributed by atoms with Crippen LogP contribution in [0.15, 0.2) is 42.7 Å². The molecule has 0 saturated heterocycles. The van der Waals surface area contributed by atoms with Gasteiger partial charge in [0.1, 0.15) is 5.82 Å². The second-order valence-electron chi connectivity index (χ2n) is 6.33. The quantitative estimate of drug-likeness (QED) is 0.433. The predicted octanol–water partition coefficient (Wildman–Crippen LogP) is 1.94. The van der Waals surface area contributed by atoms with Crippen molar-refractivity contribution in [3.05, 3.63) is 48.4 Å². The van der Waals surface area contributed by atoms with Crippen LogP contribution in [0.1, 0.15) is 5.69 Å². The first-order valence-corrected chi connectivity index (χ1v) is 10.6. The number of benzene rings is 1. The molecule has 0 aliphatic heterocycles. The molecule has 1 aromatic carbocycles. The van der Waals surface area contributed by atoms with Crippen molar-refractivity contribution in [2.24, 2.45) is 0 Å². The smallest absolute Gasteiger partial charge is 0.326 e. The lowest BCUT2D eigenvalue weighted by Crippen LogP contribution is -2.28. The summed E-state index contributed by atoms with van der Waals surface area (Å²) in [6, 6.07) is 8.60. The number of anilines is 3. The van der Waals surface area contributed by atoms with Crippen molar-refractivity contribution in [1.29, 1.82) is 0 Å². The van der Waals surface area contributed by atoms with E-state index in [9.17, 15) is 13.2 Å². The van der Waals surface area contributed by atoms with Gasteiger partial charge >= 0.3 is 6.03 Å². The van der Waals surface area contributed by atoms with Crippen LogP contribution < -0.4 is 20.7 Å². The summed E-state index contributed by atoms with van der Waals surface area (Å²) in [7, 11) is -3.25. The van der Waals surface area contributed by atoms with Crippen LogP contribution in [0.5, 0.6) is 0 Å². The molecule has 152 valence electrons. The Morgan fingerprint density at radius 2 is 1.86 bits per heavy atom. The number of nitrogens with one attached hydrogen (secondary N) is 4. The third-order valence-electron chi connectivity index (χ3n) is 3.77. The number of hydrogen-bond donors (Lipinski definition) is 4. The highest BCUT2D eigenvalue weighted by Gasteiger charge is 2.08. The van der Waals surface area contributed by atoms with Crippen LogP contribution >= 0.6 is 0 Å². The molecule has 10 nitrogen and oxygen atoms in total. The van der Waals surface area contributed by atoms with E-state index >= 15 is 0 Å². The molecule has 2 heterocycles. The summed E-state index contributed by atoms with van der Waals surface area (Å²) in [4.78, 5) is 24.8. The first-order valence-electron chi connectivity index (χ1n) is 8.74. The van der Waals surface area contributed by atoms with E-state index in [-0.39, 0.29) is 12.5 Å². The van der Waals surface area contributed by atoms with Gasteiger partial charge < -0.3 is 10.6 Å². The molecule has 0 radical (unpaired) electrons. The monoisotopic (exact) mass is 415 g/mol. The average molecular weight is 415 g/mol. The summed E-state index contributed by atoms with van der Waals surface area (Å²) in [5.41, 5.74) is 1.26. The van der Waals surface area contributed by atoms with Crippen LogP contribution in [0.2, 0.25) is 0 Å². The molecule has 0 fully saturated rings. The Kier molecular flexibility index (Phi) is 6.20. The number of nitrogens with zero attached hydrogens (tertiary/aromatic N) is 3. The molecule has 0 aliphatic carbocycles. The number of carbonyl (C=O) groups is 1. The van der Waals surface area contributed by atoms with Crippen LogP contribution in [0.4, 0.5) is 22.2 Å². The van der Waals surface area contributed by atoms with Gasteiger partial charge in [-0.3, -0.25) is 10.3 Å². The SMILES string of the molecule is Cc1cc(NCCNS(C)(=O)=O)nc(NC(=O)Nc2ccc3ccncc3c2)n1. The zero-order valence-corrected chi connectivity index (χ0v) is 16.7. The fourth-order valence-corrected chi connectivity index (χ4v) is 3.04. The lowest BCUT2D eigenvalue weighted by Gasteiger charge is -2.10. The second-order valence-corrected chi connectivity index (χ2v) is 8.16. The Morgan fingerprint density at radius 1 is 1.03 bits per heavy atom. The number of sulfonamides is 1. The molecular weight excluding hydrogens is 394 g/mol. The summed E-state index contributed by atoms with van der Waals surface area (Å²) in [6.45, 7) is 2.31. The number of amides is 2. The topological polar surface area (TPSA) is 138 Å². The van der Waals surface area contributed by atoms with Crippen LogP contribution in [0, 0.1) is 6.92 Å². The van der Waals surface area contributed by atoms with Gasteiger partial charge in [0.05, 0.1) is 6.26 Å². The van der Waals surface area contributed by atoms with Crippen molar-refractivity contribution in [1.82, 2.24) is 19.7 Å². The summed E-state index contributed by atoms with van der Waals surface area (Å²) >= 11 is 0. The average Bonchev–Trinajstić information content (AvgIpc) is 2.64. The van der Waals surface area contributed by atoms with Gasteiger partial charge in [-0.1, -0.05) is 6.07 Å².